The average molecular weight is 245 g/mol. The van der Waals surface area contributed by atoms with Crippen LogP contribution in [0.4, 0.5) is 0 Å². The fourth-order valence-corrected chi connectivity index (χ4v) is 2.87. The predicted octanol–water partition coefficient (Wildman–Crippen LogP) is 1.60. The van der Waals surface area contributed by atoms with Gasteiger partial charge in [-0.1, -0.05) is 30.3 Å². The quantitative estimate of drug-likeness (QED) is 0.878. The minimum Gasteiger partial charge on any atom is -0.391 e. The van der Waals surface area contributed by atoms with Crippen LogP contribution in [-0.4, -0.2) is 35.1 Å². The Kier molecular flexibility index (Phi) is 2.86. The molecule has 3 nitrogen and oxygen atoms in total. The summed E-state index contributed by atoms with van der Waals surface area (Å²) in [6.45, 7) is 1.24. The zero-order chi connectivity index (χ0) is 12.6. The molecule has 0 unspecified atom stereocenters. The topological polar surface area (TPSA) is 40.5 Å². The maximum Gasteiger partial charge on any atom is 0.229 e. The third-order valence-corrected chi connectivity index (χ3v) is 4.14. The molecule has 1 amide bonds. The molecule has 2 fully saturated rings. The van der Waals surface area contributed by atoms with Gasteiger partial charge in [0.1, 0.15) is 0 Å². The summed E-state index contributed by atoms with van der Waals surface area (Å²) in [6.07, 6.45) is 3.24. The lowest BCUT2D eigenvalue weighted by Crippen LogP contribution is -2.37. The summed E-state index contributed by atoms with van der Waals surface area (Å²) in [6, 6.07) is 10.2. The van der Waals surface area contributed by atoms with Crippen molar-refractivity contribution in [2.75, 3.05) is 13.1 Å². The number of aliphatic hydroxyl groups is 1. The van der Waals surface area contributed by atoms with E-state index in [1.165, 1.54) is 5.56 Å². The van der Waals surface area contributed by atoms with Crippen molar-refractivity contribution in [3.63, 3.8) is 0 Å². The van der Waals surface area contributed by atoms with Crippen LogP contribution in [0.25, 0.3) is 0 Å². The molecule has 0 spiro atoms. The van der Waals surface area contributed by atoms with Crippen LogP contribution < -0.4 is 0 Å². The van der Waals surface area contributed by atoms with E-state index in [2.05, 4.69) is 12.1 Å². The normalized spacial score (nSPS) is 25.2. The van der Waals surface area contributed by atoms with E-state index in [-0.39, 0.29) is 17.4 Å². The summed E-state index contributed by atoms with van der Waals surface area (Å²) in [5.74, 6) is 0.253. The van der Waals surface area contributed by atoms with Gasteiger partial charge < -0.3 is 10.0 Å². The van der Waals surface area contributed by atoms with E-state index >= 15 is 0 Å². The molecule has 1 aliphatic heterocycles. The lowest BCUT2D eigenvalue weighted by molar-refractivity contribution is -0.136. The van der Waals surface area contributed by atoms with E-state index in [9.17, 15) is 9.90 Å². The molecule has 1 atom stereocenters. The highest BCUT2D eigenvalue weighted by Crippen LogP contribution is 2.50. The van der Waals surface area contributed by atoms with Crippen molar-refractivity contribution in [1.82, 2.24) is 4.90 Å². The number of nitrogens with zero attached hydrogens (tertiary/aromatic N) is 1. The van der Waals surface area contributed by atoms with Crippen LogP contribution in [0.1, 0.15) is 24.8 Å². The van der Waals surface area contributed by atoms with Crippen molar-refractivity contribution in [3.05, 3.63) is 35.9 Å². The van der Waals surface area contributed by atoms with Gasteiger partial charge >= 0.3 is 0 Å². The van der Waals surface area contributed by atoms with E-state index in [0.29, 0.717) is 6.54 Å². The number of amides is 1. The van der Waals surface area contributed by atoms with Crippen molar-refractivity contribution in [2.24, 2.45) is 5.41 Å². The highest BCUT2D eigenvalue weighted by atomic mass is 16.3. The van der Waals surface area contributed by atoms with Crippen molar-refractivity contribution in [3.8, 4) is 0 Å². The second kappa shape index (κ2) is 4.39. The zero-order valence-corrected chi connectivity index (χ0v) is 10.5. The van der Waals surface area contributed by atoms with E-state index in [1.54, 1.807) is 0 Å². The van der Waals surface area contributed by atoms with Crippen LogP contribution >= 0.6 is 0 Å². The van der Waals surface area contributed by atoms with Crippen LogP contribution in [0.2, 0.25) is 0 Å². The summed E-state index contributed by atoms with van der Waals surface area (Å²) < 4.78 is 0. The first-order chi connectivity index (χ1) is 8.70. The Morgan fingerprint density at radius 2 is 2.06 bits per heavy atom. The predicted molar refractivity (Wildman–Crippen MR) is 69.0 cm³/mol. The summed E-state index contributed by atoms with van der Waals surface area (Å²) in [7, 11) is 0. The third-order valence-electron chi connectivity index (χ3n) is 4.14. The monoisotopic (exact) mass is 245 g/mol. The molecule has 1 saturated carbocycles. The van der Waals surface area contributed by atoms with Gasteiger partial charge in [0.25, 0.3) is 0 Å². The standard InChI is InChI=1S/C15H19NO2/c17-13-6-9-16(11-13)14(18)15(7-8-15)10-12-4-2-1-3-5-12/h1-5,13,17H,6-11H2/t13-/m1/s1. The van der Waals surface area contributed by atoms with Gasteiger partial charge in [0.05, 0.1) is 11.5 Å². The molecule has 1 saturated heterocycles. The van der Waals surface area contributed by atoms with Gasteiger partial charge in [-0.15, -0.1) is 0 Å². The molecule has 1 aliphatic carbocycles. The smallest absolute Gasteiger partial charge is 0.229 e. The van der Waals surface area contributed by atoms with Crippen LogP contribution in [0, 0.1) is 5.41 Å². The van der Waals surface area contributed by atoms with E-state index in [4.69, 9.17) is 0 Å². The Labute approximate surface area is 107 Å². The van der Waals surface area contributed by atoms with E-state index in [1.807, 2.05) is 23.1 Å². The number of carbonyl (C=O) groups is 1. The van der Waals surface area contributed by atoms with E-state index < -0.39 is 0 Å². The number of carbonyl (C=O) groups excluding carboxylic acids is 1. The summed E-state index contributed by atoms with van der Waals surface area (Å²) in [5.41, 5.74) is 1.08. The summed E-state index contributed by atoms with van der Waals surface area (Å²) >= 11 is 0. The molecule has 3 heteroatoms. The van der Waals surface area contributed by atoms with Gasteiger partial charge in [-0.05, 0) is 31.2 Å². The van der Waals surface area contributed by atoms with Gasteiger partial charge in [0.2, 0.25) is 5.91 Å². The molecule has 3 rings (SSSR count). The summed E-state index contributed by atoms with van der Waals surface area (Å²) in [5, 5.41) is 9.53. The molecule has 96 valence electrons. The maximum absolute atomic E-state index is 12.5. The molecule has 2 aliphatic rings. The Balaban J connectivity index is 1.69. The molecule has 0 aromatic heterocycles. The molecule has 1 N–H and O–H groups in total. The number of hydrogen-bond donors (Lipinski definition) is 1. The Bertz CT molecular complexity index is 439. The number of benzene rings is 1. The zero-order valence-electron chi connectivity index (χ0n) is 10.5. The van der Waals surface area contributed by atoms with Gasteiger partial charge in [-0.2, -0.15) is 0 Å². The summed E-state index contributed by atoms with van der Waals surface area (Å²) in [4.78, 5) is 14.3. The Hall–Kier alpha value is -1.35. The number of β-amino-alcohol motifs (C(OH)–C–C–N with tert-alkyl or cyclic N) is 1. The Morgan fingerprint density at radius 1 is 1.33 bits per heavy atom. The van der Waals surface area contributed by atoms with Crippen molar-refractivity contribution in [2.45, 2.75) is 31.8 Å². The minimum atomic E-state index is -0.318. The van der Waals surface area contributed by atoms with Crippen LogP contribution in [0.5, 0.6) is 0 Å². The first kappa shape index (κ1) is 11.7. The van der Waals surface area contributed by atoms with E-state index in [0.717, 1.165) is 32.2 Å². The first-order valence-corrected chi connectivity index (χ1v) is 6.71. The Morgan fingerprint density at radius 3 is 2.61 bits per heavy atom. The molecule has 1 aromatic carbocycles. The number of hydrogen-bond acceptors (Lipinski definition) is 2. The highest BCUT2D eigenvalue weighted by molar-refractivity contribution is 5.86. The molecule has 1 aromatic rings. The van der Waals surface area contributed by atoms with Crippen molar-refractivity contribution in [1.29, 1.82) is 0 Å². The highest BCUT2D eigenvalue weighted by Gasteiger charge is 2.52. The molecular formula is C15H19NO2. The molecule has 0 radical (unpaired) electrons. The lowest BCUT2D eigenvalue weighted by Gasteiger charge is -2.22. The van der Waals surface area contributed by atoms with Crippen LogP contribution in [-0.2, 0) is 11.2 Å². The lowest BCUT2D eigenvalue weighted by atomic mass is 9.95. The number of aliphatic hydroxyl groups excluding tert-OH is 1. The second-order valence-corrected chi connectivity index (χ2v) is 5.64. The first-order valence-electron chi connectivity index (χ1n) is 6.71. The third kappa shape index (κ3) is 2.15. The second-order valence-electron chi connectivity index (χ2n) is 5.64. The molecular weight excluding hydrogens is 226 g/mol. The van der Waals surface area contributed by atoms with Crippen LogP contribution in [0.15, 0.2) is 30.3 Å². The van der Waals surface area contributed by atoms with Crippen LogP contribution in [0.3, 0.4) is 0 Å². The van der Waals surface area contributed by atoms with Gasteiger partial charge in [0, 0.05) is 13.1 Å². The molecule has 0 bridgehead atoms. The van der Waals surface area contributed by atoms with Gasteiger partial charge in [0.15, 0.2) is 0 Å². The molecule has 1 heterocycles. The maximum atomic E-state index is 12.5. The fourth-order valence-electron chi connectivity index (χ4n) is 2.87. The number of rotatable bonds is 3. The fraction of sp³-hybridized carbons (Fsp3) is 0.533. The average Bonchev–Trinajstić information content (AvgIpc) is 3.03. The number of likely N-dealkylation sites (tertiary alicyclic amines) is 1. The largest absolute Gasteiger partial charge is 0.391 e. The van der Waals surface area contributed by atoms with Crippen molar-refractivity contribution < 1.29 is 9.90 Å². The van der Waals surface area contributed by atoms with Crippen molar-refractivity contribution >= 4 is 5.91 Å². The minimum absolute atomic E-state index is 0.161. The van der Waals surface area contributed by atoms with Gasteiger partial charge in [-0.25, -0.2) is 0 Å². The SMILES string of the molecule is O=C(N1CC[C@@H](O)C1)C1(Cc2ccccc2)CC1. The van der Waals surface area contributed by atoms with Gasteiger partial charge in [-0.3, -0.25) is 4.79 Å². The molecule has 18 heavy (non-hydrogen) atoms.